The molecule has 0 aliphatic rings. The maximum absolute atomic E-state index is 2.42. The van der Waals surface area contributed by atoms with Crippen molar-refractivity contribution in [3.8, 4) is 0 Å². The van der Waals surface area contributed by atoms with E-state index in [0.717, 1.165) is 0 Å². The van der Waals surface area contributed by atoms with Gasteiger partial charge in [0.1, 0.15) is 0 Å². The molecule has 0 N–H and O–H groups in total. The predicted molar refractivity (Wildman–Crippen MR) is 39.8 cm³/mol. The molecule has 0 aromatic heterocycles. The largest absolute Gasteiger partial charge is 0.0735 e. The fraction of sp³-hybridized carbons (Fsp3) is 1.00. The van der Waals surface area contributed by atoms with Gasteiger partial charge in [-0.05, 0) is 0 Å². The zero-order valence-corrected chi connectivity index (χ0v) is 7.71. The van der Waals surface area contributed by atoms with Crippen LogP contribution in [0.2, 0.25) is 31.9 Å². The van der Waals surface area contributed by atoms with Crippen molar-refractivity contribution in [3.63, 3.8) is 0 Å². The van der Waals surface area contributed by atoms with E-state index < -0.39 is 8.07 Å². The molecule has 2 radical (unpaired) electrons. The van der Waals surface area contributed by atoms with Gasteiger partial charge in [-0.1, -0.05) is 31.9 Å². The van der Waals surface area contributed by atoms with E-state index in [2.05, 4.69) is 26.2 Å². The molecule has 2 heteroatoms. The van der Waals surface area contributed by atoms with Crippen molar-refractivity contribution in [2.24, 2.45) is 0 Å². The van der Waals surface area contributed by atoms with Crippen LogP contribution >= 0.6 is 0 Å². The number of rotatable bonds is 2. The van der Waals surface area contributed by atoms with E-state index in [4.69, 9.17) is 0 Å². The lowest BCUT2D eigenvalue weighted by Gasteiger charge is -2.11. The summed E-state index contributed by atoms with van der Waals surface area (Å²) in [6.07, 6.45) is 0. The molecule has 0 saturated heterocycles. The van der Waals surface area contributed by atoms with Crippen molar-refractivity contribution in [2.45, 2.75) is 31.9 Å². The van der Waals surface area contributed by atoms with Gasteiger partial charge in [0, 0.05) is 17.6 Å². The van der Waals surface area contributed by atoms with E-state index in [1.165, 1.54) is 15.2 Å². The van der Waals surface area contributed by atoms with Gasteiger partial charge >= 0.3 is 0 Å². The Bertz CT molecular complexity index is 44.5. The molecule has 0 atom stereocenters. The molecular weight excluding hydrogens is 116 g/mol. The van der Waals surface area contributed by atoms with Crippen molar-refractivity contribution >= 4 is 17.6 Å². The third-order valence-electron chi connectivity index (χ3n) is 0.707. The van der Waals surface area contributed by atoms with Crippen LogP contribution in [0.1, 0.15) is 0 Å². The second-order valence-electron chi connectivity index (χ2n) is 3.09. The van der Waals surface area contributed by atoms with Crippen molar-refractivity contribution in [1.29, 1.82) is 0 Å². The molecule has 0 heterocycles. The van der Waals surface area contributed by atoms with Gasteiger partial charge in [0.25, 0.3) is 0 Å². The number of hydrogen-bond donors (Lipinski definition) is 0. The van der Waals surface area contributed by atoms with E-state index in [1.807, 2.05) is 0 Å². The van der Waals surface area contributed by atoms with Crippen LogP contribution in [0.3, 0.4) is 0 Å². The van der Waals surface area contributed by atoms with E-state index >= 15 is 0 Å². The second-order valence-corrected chi connectivity index (χ2v) is 10.3. The summed E-state index contributed by atoms with van der Waals surface area (Å²) in [5.41, 5.74) is 1.51. The molecule has 0 aliphatic carbocycles. The van der Waals surface area contributed by atoms with Crippen LogP contribution in [-0.2, 0) is 0 Å². The van der Waals surface area contributed by atoms with Gasteiger partial charge in [-0.3, -0.25) is 0 Å². The minimum absolute atomic E-state index is 0.645. The highest BCUT2D eigenvalue weighted by Gasteiger charge is 2.09. The Balaban J connectivity index is 3.15. The summed E-state index contributed by atoms with van der Waals surface area (Å²) < 4.78 is 0. The topological polar surface area (TPSA) is 0 Å². The third kappa shape index (κ3) is 6.43. The van der Waals surface area contributed by atoms with Gasteiger partial charge in [-0.2, -0.15) is 0 Å². The first kappa shape index (κ1) is 7.43. The molecule has 0 rings (SSSR count). The van der Waals surface area contributed by atoms with Crippen LogP contribution in [0.15, 0.2) is 0 Å². The maximum Gasteiger partial charge on any atom is 0.0412 e. The molecule has 42 valence electrons. The highest BCUT2D eigenvalue weighted by Crippen LogP contribution is 2.04. The van der Waals surface area contributed by atoms with Gasteiger partial charge in [-0.25, -0.2) is 0 Å². The highest BCUT2D eigenvalue weighted by atomic mass is 28.4. The highest BCUT2D eigenvalue weighted by molar-refractivity contribution is 6.82. The average Bonchev–Trinajstić information content (AvgIpc) is 1.30. The van der Waals surface area contributed by atoms with Crippen LogP contribution in [-0.4, -0.2) is 17.6 Å². The summed E-state index contributed by atoms with van der Waals surface area (Å²) in [6, 6.07) is 0. The SMILES string of the molecule is C[Si]C[Si](C)(C)C. The van der Waals surface area contributed by atoms with E-state index in [-0.39, 0.29) is 0 Å². The first-order valence-electron chi connectivity index (χ1n) is 2.71. The number of hydrogen-bond acceptors (Lipinski definition) is 0. The van der Waals surface area contributed by atoms with Gasteiger partial charge in [0.15, 0.2) is 0 Å². The second kappa shape index (κ2) is 2.67. The minimum atomic E-state index is -0.645. The summed E-state index contributed by atoms with van der Waals surface area (Å²) in [4.78, 5) is 0. The van der Waals surface area contributed by atoms with Gasteiger partial charge in [0.2, 0.25) is 0 Å². The standard InChI is InChI=1S/C5H14Si2/c1-6-5-7(2,3)4/h5H2,1-4H3. The Morgan fingerprint density at radius 1 is 1.29 bits per heavy atom. The summed E-state index contributed by atoms with van der Waals surface area (Å²) in [7, 11) is 0.526. The molecule has 0 bridgehead atoms. The summed E-state index contributed by atoms with van der Waals surface area (Å²) in [5, 5.41) is 0. The van der Waals surface area contributed by atoms with Crippen molar-refractivity contribution in [1.82, 2.24) is 0 Å². The molecule has 0 spiro atoms. The molecule has 0 aromatic carbocycles. The van der Waals surface area contributed by atoms with Crippen LogP contribution in [0.25, 0.3) is 0 Å². The molecule has 0 nitrogen and oxygen atoms in total. The van der Waals surface area contributed by atoms with Gasteiger partial charge < -0.3 is 0 Å². The summed E-state index contributed by atoms with van der Waals surface area (Å²) >= 11 is 0. The molecule has 0 aliphatic heterocycles. The van der Waals surface area contributed by atoms with Crippen LogP contribution in [0.5, 0.6) is 0 Å². The Morgan fingerprint density at radius 2 is 1.71 bits per heavy atom. The van der Waals surface area contributed by atoms with Crippen molar-refractivity contribution < 1.29 is 0 Å². The lowest BCUT2D eigenvalue weighted by molar-refractivity contribution is 1.63. The Hall–Kier alpha value is 0.434. The van der Waals surface area contributed by atoms with E-state index in [1.54, 1.807) is 0 Å². The first-order chi connectivity index (χ1) is 3.06. The molecule has 0 saturated carbocycles. The van der Waals surface area contributed by atoms with Gasteiger partial charge in [0.05, 0.1) is 0 Å². The zero-order chi connectivity index (χ0) is 5.91. The van der Waals surface area contributed by atoms with Crippen molar-refractivity contribution in [3.05, 3.63) is 0 Å². The molecular formula is C5H14Si2. The lowest BCUT2D eigenvalue weighted by Crippen LogP contribution is -2.20. The van der Waals surface area contributed by atoms with Crippen LogP contribution in [0, 0.1) is 0 Å². The Kier molecular flexibility index (Phi) is 2.84. The van der Waals surface area contributed by atoms with Crippen molar-refractivity contribution in [2.75, 3.05) is 0 Å². The van der Waals surface area contributed by atoms with E-state index in [9.17, 15) is 0 Å². The van der Waals surface area contributed by atoms with Crippen LogP contribution < -0.4 is 0 Å². The smallest absolute Gasteiger partial charge is 0.0412 e. The molecule has 7 heavy (non-hydrogen) atoms. The average molecular weight is 130 g/mol. The molecule has 0 unspecified atom stereocenters. The molecule has 0 fully saturated rings. The van der Waals surface area contributed by atoms with Crippen LogP contribution in [0.4, 0.5) is 0 Å². The molecule has 0 aromatic rings. The van der Waals surface area contributed by atoms with Gasteiger partial charge in [-0.15, -0.1) is 0 Å². The minimum Gasteiger partial charge on any atom is -0.0735 e. The van der Waals surface area contributed by atoms with E-state index in [0.29, 0.717) is 0 Å². The monoisotopic (exact) mass is 130 g/mol. The third-order valence-corrected chi connectivity index (χ3v) is 6.36. The predicted octanol–water partition coefficient (Wildman–Crippen LogP) is 2.03. The Labute approximate surface area is 50.2 Å². The Morgan fingerprint density at radius 3 is 1.71 bits per heavy atom. The fourth-order valence-electron chi connectivity index (χ4n) is 0.530. The summed E-state index contributed by atoms with van der Waals surface area (Å²) in [6.45, 7) is 9.55. The first-order valence-corrected chi connectivity index (χ1v) is 8.12. The zero-order valence-electron chi connectivity index (χ0n) is 5.71. The molecule has 0 amide bonds. The summed E-state index contributed by atoms with van der Waals surface area (Å²) in [5.74, 6) is 0. The maximum atomic E-state index is 2.42. The fourth-order valence-corrected chi connectivity index (χ4v) is 4.77. The quantitative estimate of drug-likeness (QED) is 0.502. The normalized spacial score (nSPS) is 12.0. The lowest BCUT2D eigenvalue weighted by atomic mass is 11.7.